The molecule has 1 amide bonds. The maximum absolute atomic E-state index is 11.3. The highest BCUT2D eigenvalue weighted by Gasteiger charge is 2.25. The van der Waals surface area contributed by atoms with Crippen molar-refractivity contribution in [3.05, 3.63) is 12.2 Å². The third kappa shape index (κ3) is 3.95. The number of carboxylic acid groups (broad SMARTS) is 1. The van der Waals surface area contributed by atoms with Crippen molar-refractivity contribution in [1.29, 1.82) is 5.26 Å². The Labute approximate surface area is 97.5 Å². The largest absolute Gasteiger partial charge is 0.481 e. The van der Waals surface area contributed by atoms with E-state index in [-0.39, 0.29) is 23.5 Å². The third-order valence-electron chi connectivity index (χ3n) is 2.15. The average Bonchev–Trinajstić information content (AvgIpc) is 2.66. The van der Waals surface area contributed by atoms with Gasteiger partial charge in [0.05, 0.1) is 23.5 Å². The molecular weight excluding hydrogens is 228 g/mol. The standard InChI is InChI=1S/C10H12N2O3S/c11-3-4-16-6-9(13)12-8-2-1-7(5-8)10(14)15/h1-2,7-8H,4-6H2,(H,12,13)(H,14,15). The number of hydrogen-bond donors (Lipinski definition) is 2. The SMILES string of the molecule is N#CCSCC(=O)NC1C=CC(C(=O)O)C1. The smallest absolute Gasteiger partial charge is 0.310 e. The van der Waals surface area contributed by atoms with Crippen LogP contribution in [0.4, 0.5) is 0 Å². The summed E-state index contributed by atoms with van der Waals surface area (Å²) in [4.78, 5) is 22.0. The molecule has 2 unspecified atom stereocenters. The van der Waals surface area contributed by atoms with Crippen LogP contribution in [0.15, 0.2) is 12.2 Å². The minimum absolute atomic E-state index is 0.166. The molecule has 5 nitrogen and oxygen atoms in total. The first-order chi connectivity index (χ1) is 7.63. The molecule has 0 aromatic heterocycles. The van der Waals surface area contributed by atoms with Crippen LogP contribution >= 0.6 is 11.8 Å². The van der Waals surface area contributed by atoms with Crippen molar-refractivity contribution < 1.29 is 14.7 Å². The summed E-state index contributed by atoms with van der Waals surface area (Å²) < 4.78 is 0. The molecule has 0 saturated heterocycles. The molecule has 0 bridgehead atoms. The molecule has 0 aromatic rings. The fraction of sp³-hybridized carbons (Fsp3) is 0.500. The maximum atomic E-state index is 11.3. The van der Waals surface area contributed by atoms with Crippen LogP contribution in [0.3, 0.4) is 0 Å². The van der Waals surface area contributed by atoms with Gasteiger partial charge in [0.25, 0.3) is 0 Å². The van der Waals surface area contributed by atoms with Crippen LogP contribution in [0.5, 0.6) is 0 Å². The molecule has 1 aliphatic carbocycles. The summed E-state index contributed by atoms with van der Waals surface area (Å²) >= 11 is 1.24. The number of aliphatic carboxylic acids is 1. The van der Waals surface area contributed by atoms with Crippen LogP contribution in [0.1, 0.15) is 6.42 Å². The number of nitrogens with zero attached hydrogens (tertiary/aromatic N) is 1. The van der Waals surface area contributed by atoms with E-state index in [4.69, 9.17) is 10.4 Å². The fourth-order valence-corrected chi connectivity index (χ4v) is 1.89. The molecule has 0 heterocycles. The monoisotopic (exact) mass is 240 g/mol. The molecule has 0 aromatic carbocycles. The number of thioether (sulfide) groups is 1. The van der Waals surface area contributed by atoms with E-state index in [1.165, 1.54) is 11.8 Å². The zero-order valence-corrected chi connectivity index (χ0v) is 9.37. The number of carbonyl (C=O) groups excluding carboxylic acids is 1. The molecule has 0 spiro atoms. The van der Waals surface area contributed by atoms with Crippen molar-refractivity contribution in [2.75, 3.05) is 11.5 Å². The van der Waals surface area contributed by atoms with Crippen LogP contribution in [-0.2, 0) is 9.59 Å². The number of nitriles is 1. The first-order valence-corrected chi connectivity index (χ1v) is 5.94. The van der Waals surface area contributed by atoms with Gasteiger partial charge in [-0.3, -0.25) is 9.59 Å². The average molecular weight is 240 g/mol. The Morgan fingerprint density at radius 1 is 1.56 bits per heavy atom. The predicted molar refractivity (Wildman–Crippen MR) is 59.8 cm³/mol. The van der Waals surface area contributed by atoms with Crippen LogP contribution in [0, 0.1) is 17.2 Å². The van der Waals surface area contributed by atoms with Crippen LogP contribution in [0.2, 0.25) is 0 Å². The van der Waals surface area contributed by atoms with E-state index >= 15 is 0 Å². The Bertz CT molecular complexity index is 348. The van der Waals surface area contributed by atoms with Crippen molar-refractivity contribution in [2.24, 2.45) is 5.92 Å². The first kappa shape index (κ1) is 12.6. The quantitative estimate of drug-likeness (QED) is 0.536. The van der Waals surface area contributed by atoms with E-state index in [0.29, 0.717) is 6.42 Å². The lowest BCUT2D eigenvalue weighted by Gasteiger charge is -2.11. The normalized spacial score (nSPS) is 22.7. The number of hydrogen-bond acceptors (Lipinski definition) is 4. The summed E-state index contributed by atoms with van der Waals surface area (Å²) in [5, 5.41) is 19.7. The molecule has 0 fully saturated rings. The van der Waals surface area contributed by atoms with Gasteiger partial charge in [0, 0.05) is 6.04 Å². The highest BCUT2D eigenvalue weighted by Crippen LogP contribution is 2.17. The fourth-order valence-electron chi connectivity index (χ4n) is 1.43. The van der Waals surface area contributed by atoms with Crippen molar-refractivity contribution in [3.8, 4) is 6.07 Å². The third-order valence-corrected chi connectivity index (χ3v) is 2.95. The van der Waals surface area contributed by atoms with Crippen LogP contribution < -0.4 is 5.32 Å². The number of carboxylic acids is 1. The van der Waals surface area contributed by atoms with Crippen molar-refractivity contribution >= 4 is 23.6 Å². The zero-order chi connectivity index (χ0) is 12.0. The van der Waals surface area contributed by atoms with E-state index in [1.807, 2.05) is 6.07 Å². The molecule has 0 radical (unpaired) electrons. The molecule has 1 rings (SSSR count). The van der Waals surface area contributed by atoms with Gasteiger partial charge in [-0.2, -0.15) is 5.26 Å². The van der Waals surface area contributed by atoms with Gasteiger partial charge in [0.2, 0.25) is 5.91 Å². The second-order valence-electron chi connectivity index (χ2n) is 3.39. The number of rotatable bonds is 5. The summed E-state index contributed by atoms with van der Waals surface area (Å²) in [5.74, 6) is -1.02. The number of amides is 1. The Balaban J connectivity index is 2.25. The van der Waals surface area contributed by atoms with Gasteiger partial charge >= 0.3 is 5.97 Å². The number of nitrogens with one attached hydrogen (secondary N) is 1. The lowest BCUT2D eigenvalue weighted by atomic mass is 10.1. The summed E-state index contributed by atoms with van der Waals surface area (Å²) in [6, 6.07) is 1.73. The summed E-state index contributed by atoms with van der Waals surface area (Å²) in [6.07, 6.45) is 3.70. The van der Waals surface area contributed by atoms with E-state index < -0.39 is 11.9 Å². The molecule has 1 aliphatic rings. The summed E-state index contributed by atoms with van der Waals surface area (Å²) in [7, 11) is 0. The molecule has 6 heteroatoms. The van der Waals surface area contributed by atoms with Gasteiger partial charge in [-0.05, 0) is 6.42 Å². The Morgan fingerprint density at radius 2 is 2.31 bits per heavy atom. The van der Waals surface area contributed by atoms with E-state index in [2.05, 4.69) is 5.32 Å². The molecular formula is C10H12N2O3S. The summed E-state index contributed by atoms with van der Waals surface area (Å²) in [6.45, 7) is 0. The molecule has 2 N–H and O–H groups in total. The van der Waals surface area contributed by atoms with Gasteiger partial charge < -0.3 is 10.4 Å². The molecule has 0 saturated carbocycles. The van der Waals surface area contributed by atoms with Crippen molar-refractivity contribution in [3.63, 3.8) is 0 Å². The van der Waals surface area contributed by atoms with Gasteiger partial charge in [0.1, 0.15) is 0 Å². The Hall–Kier alpha value is -1.48. The zero-order valence-electron chi connectivity index (χ0n) is 8.55. The van der Waals surface area contributed by atoms with E-state index in [0.717, 1.165) is 0 Å². The molecule has 86 valence electrons. The van der Waals surface area contributed by atoms with Gasteiger partial charge in [-0.15, -0.1) is 11.8 Å². The first-order valence-electron chi connectivity index (χ1n) is 4.78. The second-order valence-corrected chi connectivity index (χ2v) is 4.38. The summed E-state index contributed by atoms with van der Waals surface area (Å²) in [5.41, 5.74) is 0. The van der Waals surface area contributed by atoms with Crippen molar-refractivity contribution in [1.82, 2.24) is 5.32 Å². The van der Waals surface area contributed by atoms with Crippen molar-refractivity contribution in [2.45, 2.75) is 12.5 Å². The maximum Gasteiger partial charge on any atom is 0.310 e. The van der Waals surface area contributed by atoms with Gasteiger partial charge in [-0.1, -0.05) is 12.2 Å². The van der Waals surface area contributed by atoms with E-state index in [1.54, 1.807) is 12.2 Å². The van der Waals surface area contributed by atoms with Crippen LogP contribution in [-0.4, -0.2) is 34.5 Å². The van der Waals surface area contributed by atoms with Gasteiger partial charge in [0.15, 0.2) is 0 Å². The molecule has 0 aliphatic heterocycles. The molecule has 16 heavy (non-hydrogen) atoms. The minimum atomic E-state index is -0.869. The predicted octanol–water partition coefficient (Wildman–Crippen LogP) is 0.389. The lowest BCUT2D eigenvalue weighted by Crippen LogP contribution is -2.34. The topological polar surface area (TPSA) is 90.2 Å². The Morgan fingerprint density at radius 3 is 2.88 bits per heavy atom. The Kier molecular flexibility index (Phi) is 4.86. The van der Waals surface area contributed by atoms with E-state index in [9.17, 15) is 9.59 Å². The highest BCUT2D eigenvalue weighted by atomic mass is 32.2. The van der Waals surface area contributed by atoms with Gasteiger partial charge in [-0.25, -0.2) is 0 Å². The molecule has 2 atom stereocenters. The van der Waals surface area contributed by atoms with Crippen LogP contribution in [0.25, 0.3) is 0 Å². The lowest BCUT2D eigenvalue weighted by molar-refractivity contribution is -0.140. The number of carbonyl (C=O) groups is 2. The minimum Gasteiger partial charge on any atom is -0.481 e. The second kappa shape index (κ2) is 6.18. The highest BCUT2D eigenvalue weighted by molar-refractivity contribution is 8.00.